The average Bonchev–Trinajstić information content (AvgIpc) is 3.13. The highest BCUT2D eigenvalue weighted by Gasteiger charge is 2.41. The Morgan fingerprint density at radius 2 is 1.69 bits per heavy atom. The SMILES string of the molecule is CC1(C)CN(C(=O)OCC2c3ccccc3-c3ccccc32)CC1CO. The second-order valence-electron chi connectivity index (χ2n) is 8.05. The molecule has 0 saturated carbocycles. The minimum Gasteiger partial charge on any atom is -0.448 e. The summed E-state index contributed by atoms with van der Waals surface area (Å²) in [5.41, 5.74) is 4.81. The molecule has 2 aromatic carbocycles. The van der Waals surface area contributed by atoms with Crippen LogP contribution in [0.25, 0.3) is 11.1 Å². The lowest BCUT2D eigenvalue weighted by Gasteiger charge is -2.23. The first kappa shape index (κ1) is 17.1. The fourth-order valence-electron chi connectivity index (χ4n) is 4.33. The van der Waals surface area contributed by atoms with Gasteiger partial charge in [-0.05, 0) is 27.7 Å². The summed E-state index contributed by atoms with van der Waals surface area (Å²) in [7, 11) is 0. The molecule has 1 aliphatic heterocycles. The van der Waals surface area contributed by atoms with E-state index >= 15 is 0 Å². The number of hydrogen-bond acceptors (Lipinski definition) is 3. The third kappa shape index (κ3) is 2.78. The Hall–Kier alpha value is -2.33. The van der Waals surface area contributed by atoms with Crippen molar-refractivity contribution >= 4 is 6.09 Å². The highest BCUT2D eigenvalue weighted by Crippen LogP contribution is 2.44. The Labute approximate surface area is 154 Å². The first-order valence-corrected chi connectivity index (χ1v) is 9.22. The number of ether oxygens (including phenoxy) is 1. The van der Waals surface area contributed by atoms with Gasteiger partial charge in [-0.15, -0.1) is 0 Å². The second kappa shape index (κ2) is 6.44. The van der Waals surface area contributed by atoms with Gasteiger partial charge in [0.2, 0.25) is 0 Å². The summed E-state index contributed by atoms with van der Waals surface area (Å²) in [6.07, 6.45) is -0.282. The van der Waals surface area contributed by atoms with Crippen molar-refractivity contribution in [1.29, 1.82) is 0 Å². The molecule has 1 aliphatic carbocycles. The number of fused-ring (bicyclic) bond motifs is 3. The van der Waals surface area contributed by atoms with Gasteiger partial charge in [0.1, 0.15) is 6.61 Å². The maximum atomic E-state index is 12.6. The van der Waals surface area contributed by atoms with Crippen LogP contribution in [0.5, 0.6) is 0 Å². The number of carbonyl (C=O) groups is 1. The molecule has 0 spiro atoms. The van der Waals surface area contributed by atoms with E-state index in [2.05, 4.69) is 38.1 Å². The molecule has 1 N–H and O–H groups in total. The van der Waals surface area contributed by atoms with Crippen LogP contribution in [0.1, 0.15) is 30.9 Å². The van der Waals surface area contributed by atoms with Crippen molar-refractivity contribution in [3.8, 4) is 11.1 Å². The second-order valence-corrected chi connectivity index (χ2v) is 8.05. The molecule has 0 radical (unpaired) electrons. The zero-order chi connectivity index (χ0) is 18.3. The van der Waals surface area contributed by atoms with Gasteiger partial charge in [0.05, 0.1) is 0 Å². The van der Waals surface area contributed by atoms with Crippen LogP contribution in [0.3, 0.4) is 0 Å². The van der Waals surface area contributed by atoms with Crippen LogP contribution >= 0.6 is 0 Å². The summed E-state index contributed by atoms with van der Waals surface area (Å²) in [5.74, 6) is 0.179. The predicted octanol–water partition coefficient (Wildman–Crippen LogP) is 3.89. The van der Waals surface area contributed by atoms with Crippen LogP contribution in [0, 0.1) is 11.3 Å². The first-order chi connectivity index (χ1) is 12.5. The molecule has 1 fully saturated rings. The van der Waals surface area contributed by atoms with Gasteiger partial charge in [-0.3, -0.25) is 0 Å². The standard InChI is InChI=1S/C22H25NO3/c1-22(2)14-23(11-15(22)12-24)21(25)26-13-20-18-9-5-3-7-16(18)17-8-4-6-10-19(17)20/h3-10,15,20,24H,11-14H2,1-2H3. The quantitative estimate of drug-likeness (QED) is 0.913. The molecule has 0 bridgehead atoms. The number of benzene rings is 2. The number of likely N-dealkylation sites (tertiary alicyclic amines) is 1. The molecule has 4 heteroatoms. The average molecular weight is 351 g/mol. The lowest BCUT2D eigenvalue weighted by atomic mass is 9.83. The number of nitrogens with zero attached hydrogens (tertiary/aromatic N) is 1. The van der Waals surface area contributed by atoms with Crippen molar-refractivity contribution in [2.24, 2.45) is 11.3 Å². The number of hydrogen-bond donors (Lipinski definition) is 1. The van der Waals surface area contributed by atoms with Crippen molar-refractivity contribution < 1.29 is 14.6 Å². The predicted molar refractivity (Wildman–Crippen MR) is 101 cm³/mol. The molecule has 2 aromatic rings. The fourth-order valence-corrected chi connectivity index (χ4v) is 4.33. The summed E-state index contributed by atoms with van der Waals surface area (Å²) in [6, 6.07) is 16.7. The molecule has 1 unspecified atom stereocenters. The maximum Gasteiger partial charge on any atom is 0.409 e. The largest absolute Gasteiger partial charge is 0.448 e. The van der Waals surface area contributed by atoms with Gasteiger partial charge in [-0.1, -0.05) is 62.4 Å². The van der Waals surface area contributed by atoms with Crippen molar-refractivity contribution in [1.82, 2.24) is 4.90 Å². The fraction of sp³-hybridized carbons (Fsp3) is 0.409. The first-order valence-electron chi connectivity index (χ1n) is 9.22. The van der Waals surface area contributed by atoms with E-state index in [-0.39, 0.29) is 30.0 Å². The molecule has 26 heavy (non-hydrogen) atoms. The highest BCUT2D eigenvalue weighted by molar-refractivity contribution is 5.79. The molecule has 4 rings (SSSR count). The van der Waals surface area contributed by atoms with E-state index < -0.39 is 0 Å². The van der Waals surface area contributed by atoms with Gasteiger partial charge >= 0.3 is 6.09 Å². The van der Waals surface area contributed by atoms with Crippen molar-refractivity contribution in [2.75, 3.05) is 26.3 Å². The zero-order valence-corrected chi connectivity index (χ0v) is 15.3. The number of carbonyl (C=O) groups excluding carboxylic acids is 1. The Bertz CT molecular complexity index is 784. The number of aliphatic hydroxyl groups is 1. The summed E-state index contributed by atoms with van der Waals surface area (Å²) < 4.78 is 5.72. The van der Waals surface area contributed by atoms with Gasteiger partial charge in [-0.2, -0.15) is 0 Å². The number of amides is 1. The minimum absolute atomic E-state index is 0.0793. The molecule has 1 atom stereocenters. The molecule has 0 aromatic heterocycles. The molecule has 4 nitrogen and oxygen atoms in total. The third-order valence-electron chi connectivity index (χ3n) is 5.96. The van der Waals surface area contributed by atoms with Crippen LogP contribution in [0.4, 0.5) is 4.79 Å². The van der Waals surface area contributed by atoms with Crippen LogP contribution in [-0.2, 0) is 4.74 Å². The lowest BCUT2D eigenvalue weighted by Crippen LogP contribution is -2.31. The van der Waals surface area contributed by atoms with E-state index in [9.17, 15) is 9.90 Å². The van der Waals surface area contributed by atoms with E-state index in [1.54, 1.807) is 4.90 Å². The topological polar surface area (TPSA) is 49.8 Å². The minimum atomic E-state index is -0.282. The molecular weight excluding hydrogens is 326 g/mol. The van der Waals surface area contributed by atoms with Crippen molar-refractivity contribution in [3.05, 3.63) is 59.7 Å². The molecule has 1 amide bonds. The number of rotatable bonds is 3. The Kier molecular flexibility index (Phi) is 4.23. The smallest absolute Gasteiger partial charge is 0.409 e. The summed E-state index contributed by atoms with van der Waals surface area (Å²) >= 11 is 0. The third-order valence-corrected chi connectivity index (χ3v) is 5.96. The normalized spacial score (nSPS) is 20.7. The van der Waals surface area contributed by atoms with Gasteiger partial charge in [0, 0.05) is 31.5 Å². The number of aliphatic hydroxyl groups excluding tert-OH is 1. The van der Waals surface area contributed by atoms with E-state index in [0.29, 0.717) is 19.7 Å². The van der Waals surface area contributed by atoms with Gasteiger partial charge in [0.15, 0.2) is 0 Å². The summed E-state index contributed by atoms with van der Waals surface area (Å²) in [6.45, 7) is 5.79. The van der Waals surface area contributed by atoms with Gasteiger partial charge in [0.25, 0.3) is 0 Å². The molecule has 1 saturated heterocycles. The molecule has 136 valence electrons. The molecule has 2 aliphatic rings. The van der Waals surface area contributed by atoms with E-state index in [1.807, 2.05) is 24.3 Å². The van der Waals surface area contributed by atoms with E-state index in [4.69, 9.17) is 4.74 Å². The van der Waals surface area contributed by atoms with E-state index in [1.165, 1.54) is 22.3 Å². The molecule has 1 heterocycles. The van der Waals surface area contributed by atoms with Crippen molar-refractivity contribution in [3.63, 3.8) is 0 Å². The molecular formula is C22H25NO3. The summed E-state index contributed by atoms with van der Waals surface area (Å²) in [4.78, 5) is 14.3. The zero-order valence-electron chi connectivity index (χ0n) is 15.3. The monoisotopic (exact) mass is 351 g/mol. The van der Waals surface area contributed by atoms with Gasteiger partial charge < -0.3 is 14.7 Å². The van der Waals surface area contributed by atoms with Gasteiger partial charge in [-0.25, -0.2) is 4.79 Å². The van der Waals surface area contributed by atoms with Crippen LogP contribution in [-0.4, -0.2) is 42.4 Å². The van der Waals surface area contributed by atoms with E-state index in [0.717, 1.165) is 0 Å². The Morgan fingerprint density at radius 1 is 1.12 bits per heavy atom. The summed E-state index contributed by atoms with van der Waals surface area (Å²) in [5, 5.41) is 9.54. The van der Waals surface area contributed by atoms with Crippen LogP contribution in [0.15, 0.2) is 48.5 Å². The van der Waals surface area contributed by atoms with Crippen LogP contribution in [0.2, 0.25) is 0 Å². The Morgan fingerprint density at radius 3 is 2.23 bits per heavy atom. The Balaban J connectivity index is 1.50. The van der Waals surface area contributed by atoms with Crippen LogP contribution < -0.4 is 0 Å². The van der Waals surface area contributed by atoms with Crippen molar-refractivity contribution in [2.45, 2.75) is 19.8 Å². The highest BCUT2D eigenvalue weighted by atomic mass is 16.6. The lowest BCUT2D eigenvalue weighted by molar-refractivity contribution is 0.104. The maximum absolute atomic E-state index is 12.6.